The summed E-state index contributed by atoms with van der Waals surface area (Å²) in [4.78, 5) is 11.7. The minimum absolute atomic E-state index is 0.101. The van der Waals surface area contributed by atoms with Gasteiger partial charge in [0.1, 0.15) is 17.9 Å². The molecule has 0 aliphatic carbocycles. The Morgan fingerprint density at radius 1 is 1.48 bits per heavy atom. The normalized spacial score (nSPS) is 14.3. The van der Waals surface area contributed by atoms with Crippen LogP contribution in [0, 0.1) is 0 Å². The number of alkyl halides is 3. The van der Waals surface area contributed by atoms with Crippen LogP contribution in [0.1, 0.15) is 12.7 Å². The average molecular weight is 332 g/mol. The monoisotopic (exact) mass is 332 g/mol. The fourth-order valence-electron chi connectivity index (χ4n) is 1.80. The number of nitrogens with one attached hydrogen (secondary N) is 2. The first kappa shape index (κ1) is 16.9. The molecule has 2 aromatic rings. The first-order valence-electron chi connectivity index (χ1n) is 6.56. The molecule has 0 aromatic carbocycles. The molecule has 0 spiro atoms. The molecular weight excluding hydrogens is 317 g/mol. The summed E-state index contributed by atoms with van der Waals surface area (Å²) >= 11 is 0. The number of hydrogen-bond donors (Lipinski definition) is 3. The van der Waals surface area contributed by atoms with Crippen LogP contribution in [0.5, 0.6) is 0 Å². The van der Waals surface area contributed by atoms with E-state index in [9.17, 15) is 23.1 Å². The van der Waals surface area contributed by atoms with Gasteiger partial charge < -0.3 is 20.2 Å². The second-order valence-corrected chi connectivity index (χ2v) is 5.10. The molecular formula is C13H15F3N4O3. The van der Waals surface area contributed by atoms with Gasteiger partial charge in [-0.1, -0.05) is 0 Å². The highest BCUT2D eigenvalue weighted by atomic mass is 19.4. The van der Waals surface area contributed by atoms with Crippen LogP contribution in [0.15, 0.2) is 35.2 Å². The Morgan fingerprint density at radius 2 is 2.22 bits per heavy atom. The summed E-state index contributed by atoms with van der Waals surface area (Å²) in [5, 5.41) is 18.4. The number of rotatable bonds is 5. The predicted molar refractivity (Wildman–Crippen MR) is 73.6 cm³/mol. The van der Waals surface area contributed by atoms with Crippen LogP contribution in [0.25, 0.3) is 0 Å². The van der Waals surface area contributed by atoms with Crippen LogP contribution in [0.4, 0.5) is 23.7 Å². The van der Waals surface area contributed by atoms with Crippen molar-refractivity contribution in [1.82, 2.24) is 15.1 Å². The number of aromatic nitrogens is 2. The Bertz CT molecular complexity index is 650. The third-order valence-electron chi connectivity index (χ3n) is 2.88. The van der Waals surface area contributed by atoms with E-state index in [0.717, 1.165) is 12.4 Å². The smallest absolute Gasteiger partial charge is 0.408 e. The van der Waals surface area contributed by atoms with Crippen molar-refractivity contribution in [2.75, 3.05) is 11.9 Å². The van der Waals surface area contributed by atoms with E-state index in [2.05, 4.69) is 15.7 Å². The van der Waals surface area contributed by atoms with Crippen LogP contribution in [0.2, 0.25) is 0 Å². The number of aliphatic hydroxyl groups is 1. The van der Waals surface area contributed by atoms with Crippen molar-refractivity contribution in [2.45, 2.75) is 25.2 Å². The highest BCUT2D eigenvalue weighted by Gasteiger charge is 2.29. The van der Waals surface area contributed by atoms with Crippen molar-refractivity contribution in [2.24, 2.45) is 0 Å². The number of urea groups is 1. The molecule has 0 bridgehead atoms. The van der Waals surface area contributed by atoms with Crippen molar-refractivity contribution in [3.05, 3.63) is 36.5 Å². The van der Waals surface area contributed by atoms with Gasteiger partial charge in [-0.25, -0.2) is 4.79 Å². The average Bonchev–Trinajstić information content (AvgIpc) is 3.06. The van der Waals surface area contributed by atoms with E-state index in [0.29, 0.717) is 4.68 Å². The molecule has 0 aliphatic heterocycles. The van der Waals surface area contributed by atoms with Gasteiger partial charge in [0.2, 0.25) is 0 Å². The van der Waals surface area contributed by atoms with Gasteiger partial charge in [0, 0.05) is 6.20 Å². The Morgan fingerprint density at radius 3 is 2.83 bits per heavy atom. The predicted octanol–water partition coefficient (Wildman–Crippen LogP) is 2.07. The van der Waals surface area contributed by atoms with E-state index in [-0.39, 0.29) is 18.0 Å². The lowest BCUT2D eigenvalue weighted by Crippen LogP contribution is -2.40. The second kappa shape index (κ2) is 6.32. The number of hydrogen-bond acceptors (Lipinski definition) is 4. The van der Waals surface area contributed by atoms with Crippen LogP contribution >= 0.6 is 0 Å². The first-order valence-corrected chi connectivity index (χ1v) is 6.56. The van der Waals surface area contributed by atoms with Gasteiger partial charge in [0.25, 0.3) is 0 Å². The van der Waals surface area contributed by atoms with Crippen LogP contribution in [-0.2, 0) is 12.1 Å². The highest BCUT2D eigenvalue weighted by molar-refractivity contribution is 5.88. The zero-order valence-corrected chi connectivity index (χ0v) is 12.1. The topological polar surface area (TPSA) is 92.3 Å². The highest BCUT2D eigenvalue weighted by Crippen LogP contribution is 2.20. The standard InChI is InChI=1S/C13H15F3N4O3/c1-12(22,10-3-2-4-23-10)7-17-11(21)19-9-5-18-20(6-9)8-13(14,15)16/h2-6,22H,7-8H2,1H3,(H2,17,19,21)/t12-/m1/s1. The van der Waals surface area contributed by atoms with Gasteiger partial charge in [-0.3, -0.25) is 4.68 Å². The molecule has 0 radical (unpaired) electrons. The van der Waals surface area contributed by atoms with Crippen molar-refractivity contribution in [3.8, 4) is 0 Å². The molecule has 1 atom stereocenters. The molecule has 2 heterocycles. The minimum Gasteiger partial charge on any atom is -0.466 e. The summed E-state index contributed by atoms with van der Waals surface area (Å²) in [5.74, 6) is 0.274. The molecule has 0 saturated heterocycles. The molecule has 0 fully saturated rings. The number of amides is 2. The zero-order valence-electron chi connectivity index (χ0n) is 12.1. The molecule has 126 valence electrons. The summed E-state index contributed by atoms with van der Waals surface area (Å²) in [6, 6.07) is 2.46. The molecule has 0 aliphatic rings. The summed E-state index contributed by atoms with van der Waals surface area (Å²) in [5.41, 5.74) is -1.31. The van der Waals surface area contributed by atoms with Crippen molar-refractivity contribution in [1.29, 1.82) is 0 Å². The maximum atomic E-state index is 12.2. The van der Waals surface area contributed by atoms with Gasteiger partial charge in [-0.2, -0.15) is 18.3 Å². The molecule has 10 heteroatoms. The molecule has 0 saturated carbocycles. The Balaban J connectivity index is 1.86. The van der Waals surface area contributed by atoms with E-state index in [1.807, 2.05) is 0 Å². The molecule has 2 aromatic heterocycles. The van der Waals surface area contributed by atoms with Crippen LogP contribution in [0.3, 0.4) is 0 Å². The second-order valence-electron chi connectivity index (χ2n) is 5.10. The minimum atomic E-state index is -4.40. The number of carbonyl (C=O) groups is 1. The van der Waals surface area contributed by atoms with Gasteiger partial charge in [0.05, 0.1) is 24.7 Å². The van der Waals surface area contributed by atoms with E-state index in [1.165, 1.54) is 13.2 Å². The fourth-order valence-corrected chi connectivity index (χ4v) is 1.80. The van der Waals surface area contributed by atoms with Gasteiger partial charge in [-0.15, -0.1) is 0 Å². The van der Waals surface area contributed by atoms with E-state index in [1.54, 1.807) is 12.1 Å². The summed E-state index contributed by atoms with van der Waals surface area (Å²) < 4.78 is 42.3. The maximum absolute atomic E-state index is 12.2. The molecule has 0 unspecified atom stereocenters. The first-order chi connectivity index (χ1) is 10.7. The van der Waals surface area contributed by atoms with E-state index >= 15 is 0 Å². The van der Waals surface area contributed by atoms with Gasteiger partial charge in [0.15, 0.2) is 0 Å². The van der Waals surface area contributed by atoms with Crippen molar-refractivity contribution < 1.29 is 27.5 Å². The zero-order chi connectivity index (χ0) is 17.1. The molecule has 2 amide bonds. The third-order valence-corrected chi connectivity index (χ3v) is 2.88. The number of furan rings is 1. The molecule has 3 N–H and O–H groups in total. The fraction of sp³-hybridized carbons (Fsp3) is 0.385. The van der Waals surface area contributed by atoms with E-state index in [4.69, 9.17) is 4.42 Å². The summed E-state index contributed by atoms with van der Waals surface area (Å²) in [6.07, 6.45) is -0.861. The SMILES string of the molecule is C[C@@](O)(CNC(=O)Nc1cnn(CC(F)(F)F)c1)c1ccco1. The lowest BCUT2D eigenvalue weighted by Gasteiger charge is -2.21. The third kappa shape index (κ3) is 5.02. The van der Waals surface area contributed by atoms with Gasteiger partial charge >= 0.3 is 12.2 Å². The molecule has 2 rings (SSSR count). The van der Waals surface area contributed by atoms with Crippen LogP contribution in [-0.4, -0.2) is 33.6 Å². The van der Waals surface area contributed by atoms with E-state index < -0.39 is 24.4 Å². The lowest BCUT2D eigenvalue weighted by molar-refractivity contribution is -0.142. The number of anilines is 1. The molecule has 23 heavy (non-hydrogen) atoms. The maximum Gasteiger partial charge on any atom is 0.408 e. The largest absolute Gasteiger partial charge is 0.466 e. The Labute approximate surface area is 129 Å². The number of halogens is 3. The van der Waals surface area contributed by atoms with Gasteiger partial charge in [-0.05, 0) is 19.1 Å². The van der Waals surface area contributed by atoms with Crippen LogP contribution < -0.4 is 10.6 Å². The lowest BCUT2D eigenvalue weighted by atomic mass is 10.0. The molecule has 7 nitrogen and oxygen atoms in total. The Kier molecular flexibility index (Phi) is 4.64. The quantitative estimate of drug-likeness (QED) is 0.781. The number of carbonyl (C=O) groups excluding carboxylic acids is 1. The summed E-state index contributed by atoms with van der Waals surface area (Å²) in [7, 11) is 0. The Hall–Kier alpha value is -2.49. The number of nitrogens with zero attached hydrogens (tertiary/aromatic N) is 2. The summed E-state index contributed by atoms with van der Waals surface area (Å²) in [6.45, 7) is 0.0556. The van der Waals surface area contributed by atoms with Crippen molar-refractivity contribution in [3.63, 3.8) is 0 Å². The van der Waals surface area contributed by atoms with Crippen molar-refractivity contribution >= 4 is 11.7 Å².